The van der Waals surface area contributed by atoms with E-state index in [4.69, 9.17) is 0 Å². The first-order valence-electron chi connectivity index (χ1n) is 9.28. The van der Waals surface area contributed by atoms with Crippen molar-refractivity contribution in [1.29, 1.82) is 0 Å². The summed E-state index contributed by atoms with van der Waals surface area (Å²) < 4.78 is 1.52. The van der Waals surface area contributed by atoms with Crippen molar-refractivity contribution in [3.05, 3.63) is 59.7 Å². The van der Waals surface area contributed by atoms with Gasteiger partial charge in [0.05, 0.1) is 22.7 Å². The number of carbonyl (C=O) groups excluding carboxylic acids is 1. The number of carboxylic acid groups (broad SMARTS) is 1. The topological polar surface area (TPSA) is 110 Å². The molecule has 0 saturated heterocycles. The van der Waals surface area contributed by atoms with Crippen LogP contribution in [0.2, 0.25) is 0 Å². The number of fused-ring (bicyclic) bond motifs is 3. The quantitative estimate of drug-likeness (QED) is 0.507. The van der Waals surface area contributed by atoms with E-state index in [1.165, 1.54) is 35.5 Å². The zero-order chi connectivity index (χ0) is 21.4. The van der Waals surface area contributed by atoms with Crippen molar-refractivity contribution in [1.82, 2.24) is 10.1 Å². The number of nitrogens with zero attached hydrogens (tertiary/aromatic N) is 4. The van der Waals surface area contributed by atoms with Crippen LogP contribution in [0.25, 0.3) is 11.3 Å². The van der Waals surface area contributed by atoms with Gasteiger partial charge in [-0.15, -0.1) is 0 Å². The van der Waals surface area contributed by atoms with Gasteiger partial charge >= 0.3 is 5.97 Å². The largest absolute Gasteiger partial charge is 0.854 e. The van der Waals surface area contributed by atoms with E-state index in [0.717, 1.165) is 0 Å². The molecule has 0 fully saturated rings. The van der Waals surface area contributed by atoms with Gasteiger partial charge in [-0.05, 0) is 42.2 Å². The van der Waals surface area contributed by atoms with Crippen molar-refractivity contribution in [2.24, 2.45) is 0 Å². The highest BCUT2D eigenvalue weighted by Gasteiger charge is 2.43. The second kappa shape index (κ2) is 7.75. The number of para-hydroxylation sites is 1. The van der Waals surface area contributed by atoms with Crippen LogP contribution in [0.15, 0.2) is 53.7 Å². The molecule has 1 N–H and O–H groups in total. The predicted molar refractivity (Wildman–Crippen MR) is 108 cm³/mol. The molecule has 1 unspecified atom stereocenters. The first-order valence-corrected chi connectivity index (χ1v) is 10.3. The van der Waals surface area contributed by atoms with Crippen molar-refractivity contribution in [3.63, 3.8) is 0 Å². The third kappa shape index (κ3) is 3.26. The number of amides is 1. The molecule has 1 aliphatic rings. The summed E-state index contributed by atoms with van der Waals surface area (Å²) in [4.78, 5) is 29.6. The molecule has 1 atom stereocenters. The van der Waals surface area contributed by atoms with E-state index in [1.54, 1.807) is 41.3 Å². The molecule has 30 heavy (non-hydrogen) atoms. The molecular weight excluding hydrogens is 404 g/mol. The summed E-state index contributed by atoms with van der Waals surface area (Å²) in [5, 5.41) is 27.1. The van der Waals surface area contributed by atoms with Crippen LogP contribution >= 0.6 is 11.8 Å². The number of hydrogen-bond acceptors (Lipinski definition) is 6. The number of anilines is 1. The standard InChI is InChI=1S/C21H18N4O4S/c1-3-30-21-22-18(27)17-15-6-4-5-7-16(15)24(12(2)26)19(25(17)23-21)13-8-10-14(11-9-13)20(28)29/h4-11,19H,3H2,1-2H3,(H-,22,23,27,28,29). The van der Waals surface area contributed by atoms with Crippen LogP contribution in [0.3, 0.4) is 0 Å². The second-order valence-electron chi connectivity index (χ2n) is 6.63. The smallest absolute Gasteiger partial charge is 0.335 e. The van der Waals surface area contributed by atoms with Crippen LogP contribution in [0.1, 0.15) is 35.9 Å². The fourth-order valence-corrected chi connectivity index (χ4v) is 4.11. The van der Waals surface area contributed by atoms with Crippen molar-refractivity contribution in [2.75, 3.05) is 10.7 Å². The molecule has 1 amide bonds. The Morgan fingerprint density at radius 2 is 1.90 bits per heavy atom. The number of aromatic carboxylic acids is 1. The molecule has 4 rings (SSSR count). The van der Waals surface area contributed by atoms with Gasteiger partial charge in [-0.1, -0.05) is 35.5 Å². The number of carboxylic acids is 1. The van der Waals surface area contributed by atoms with E-state index >= 15 is 0 Å². The highest BCUT2D eigenvalue weighted by atomic mass is 32.2. The first-order chi connectivity index (χ1) is 14.4. The Labute approximate surface area is 176 Å². The summed E-state index contributed by atoms with van der Waals surface area (Å²) >= 11 is 1.33. The van der Waals surface area contributed by atoms with E-state index in [2.05, 4.69) is 10.1 Å². The molecule has 1 aromatic heterocycles. The Hall–Kier alpha value is -3.46. The van der Waals surface area contributed by atoms with E-state index in [0.29, 0.717) is 27.7 Å². The highest BCUT2D eigenvalue weighted by molar-refractivity contribution is 7.99. The zero-order valence-corrected chi connectivity index (χ0v) is 17.1. The molecule has 0 spiro atoms. The Bertz CT molecular complexity index is 1150. The van der Waals surface area contributed by atoms with Crippen molar-refractivity contribution >= 4 is 29.3 Å². The summed E-state index contributed by atoms with van der Waals surface area (Å²) in [6.45, 7) is 3.38. The van der Waals surface area contributed by atoms with Crippen LogP contribution in [0.5, 0.6) is 5.88 Å². The number of rotatable bonds is 4. The number of benzene rings is 2. The zero-order valence-electron chi connectivity index (χ0n) is 16.3. The Morgan fingerprint density at radius 3 is 2.53 bits per heavy atom. The lowest BCUT2D eigenvalue weighted by molar-refractivity contribution is -0.764. The van der Waals surface area contributed by atoms with Gasteiger partial charge in [-0.25, -0.2) is 14.7 Å². The monoisotopic (exact) mass is 422 g/mol. The normalized spacial score (nSPS) is 14.7. The number of thioether (sulfide) groups is 1. The van der Waals surface area contributed by atoms with Crippen LogP contribution in [-0.4, -0.2) is 32.8 Å². The Morgan fingerprint density at radius 1 is 1.20 bits per heavy atom. The SMILES string of the molecule is CCSc1nc([O-])c2[n+](n1)C(c1ccc(C(=O)O)cc1)N(C(C)=O)c1ccccc1-2. The first kappa shape index (κ1) is 19.8. The van der Waals surface area contributed by atoms with Gasteiger partial charge in [0.25, 0.3) is 17.0 Å². The van der Waals surface area contributed by atoms with Crippen molar-refractivity contribution in [3.8, 4) is 17.1 Å². The molecule has 0 saturated carbocycles. The van der Waals surface area contributed by atoms with E-state index < -0.39 is 18.0 Å². The van der Waals surface area contributed by atoms with Gasteiger partial charge in [0, 0.05) is 17.6 Å². The lowest BCUT2D eigenvalue weighted by Crippen LogP contribution is -2.58. The Balaban J connectivity index is 2.00. The van der Waals surface area contributed by atoms with Gasteiger partial charge in [0.1, 0.15) is 0 Å². The number of carbonyl (C=O) groups is 2. The summed E-state index contributed by atoms with van der Waals surface area (Å²) in [5.41, 5.74) is 2.19. The molecule has 0 radical (unpaired) electrons. The summed E-state index contributed by atoms with van der Waals surface area (Å²) in [6.07, 6.45) is -0.748. The predicted octanol–water partition coefficient (Wildman–Crippen LogP) is 2.23. The van der Waals surface area contributed by atoms with Gasteiger partial charge in [-0.2, -0.15) is 0 Å². The highest BCUT2D eigenvalue weighted by Crippen LogP contribution is 2.40. The van der Waals surface area contributed by atoms with Crippen LogP contribution in [0.4, 0.5) is 5.69 Å². The minimum atomic E-state index is -1.04. The fraction of sp³-hybridized carbons (Fsp3) is 0.190. The lowest BCUT2D eigenvalue weighted by atomic mass is 10.0. The van der Waals surface area contributed by atoms with Crippen molar-refractivity contribution in [2.45, 2.75) is 25.2 Å². The van der Waals surface area contributed by atoms with Gasteiger partial charge < -0.3 is 10.2 Å². The fourth-order valence-electron chi connectivity index (χ4n) is 3.56. The lowest BCUT2D eigenvalue weighted by Gasteiger charge is -2.32. The Kier molecular flexibility index (Phi) is 5.13. The van der Waals surface area contributed by atoms with Gasteiger partial charge in [-0.3, -0.25) is 4.79 Å². The van der Waals surface area contributed by atoms with Crippen LogP contribution < -0.4 is 14.7 Å². The number of hydrogen-bond donors (Lipinski definition) is 1. The van der Waals surface area contributed by atoms with Crippen LogP contribution in [0, 0.1) is 0 Å². The number of aromatic nitrogens is 3. The third-order valence-electron chi connectivity index (χ3n) is 4.79. The molecule has 152 valence electrons. The molecule has 0 bridgehead atoms. The van der Waals surface area contributed by atoms with Crippen molar-refractivity contribution < 1.29 is 24.5 Å². The molecule has 1 aliphatic heterocycles. The molecule has 0 aliphatic carbocycles. The molecule has 3 aromatic rings. The molecule has 8 nitrogen and oxygen atoms in total. The second-order valence-corrected chi connectivity index (χ2v) is 7.86. The van der Waals surface area contributed by atoms with E-state index in [9.17, 15) is 19.8 Å². The summed E-state index contributed by atoms with van der Waals surface area (Å²) in [7, 11) is 0. The summed E-state index contributed by atoms with van der Waals surface area (Å²) in [5.74, 6) is -1.02. The average Bonchev–Trinajstić information content (AvgIpc) is 2.72. The van der Waals surface area contributed by atoms with Crippen LogP contribution in [-0.2, 0) is 4.79 Å². The molecule has 2 aromatic carbocycles. The minimum absolute atomic E-state index is 0.129. The van der Waals surface area contributed by atoms with Gasteiger partial charge in [0.2, 0.25) is 5.91 Å². The van der Waals surface area contributed by atoms with E-state index in [-0.39, 0.29) is 17.2 Å². The minimum Gasteiger partial charge on any atom is -0.854 e. The molecule has 9 heteroatoms. The molecule has 2 heterocycles. The average molecular weight is 422 g/mol. The summed E-state index contributed by atoms with van der Waals surface area (Å²) in [6, 6.07) is 13.3. The van der Waals surface area contributed by atoms with Gasteiger partial charge in [0.15, 0.2) is 0 Å². The van der Waals surface area contributed by atoms with E-state index in [1.807, 2.05) is 6.92 Å². The molecular formula is C21H18N4O4S. The maximum absolute atomic E-state index is 13.0. The maximum atomic E-state index is 13.0. The third-order valence-corrected chi connectivity index (χ3v) is 5.51. The maximum Gasteiger partial charge on any atom is 0.335 e.